The highest BCUT2D eigenvalue weighted by Gasteiger charge is 2.13. The second-order valence-corrected chi connectivity index (χ2v) is 20.6. The van der Waals surface area contributed by atoms with Crippen molar-refractivity contribution in [2.24, 2.45) is 47.2 Å². The molecule has 56 heavy (non-hydrogen) atoms. The summed E-state index contributed by atoms with van der Waals surface area (Å²) < 4.78 is 0. The van der Waals surface area contributed by atoms with Crippen molar-refractivity contribution in [3.05, 3.63) is 0 Å². The lowest BCUT2D eigenvalue weighted by molar-refractivity contribution is 0.172. The van der Waals surface area contributed by atoms with E-state index in [-0.39, 0.29) is 0 Å². The monoisotopic (exact) mass is 799 g/mol. The molecule has 0 saturated carbocycles. The predicted molar refractivity (Wildman–Crippen MR) is 260 cm³/mol. The quantitative estimate of drug-likeness (QED) is 0.158. The van der Waals surface area contributed by atoms with Crippen LogP contribution in [-0.4, -0.2) is 131 Å². The van der Waals surface area contributed by atoms with Gasteiger partial charge in [0.25, 0.3) is 0 Å². The van der Waals surface area contributed by atoms with E-state index in [0.29, 0.717) is 5.92 Å². The summed E-state index contributed by atoms with van der Waals surface area (Å²) in [7, 11) is 8.42. The van der Waals surface area contributed by atoms with Gasteiger partial charge in [0.1, 0.15) is 0 Å². The van der Waals surface area contributed by atoms with Gasteiger partial charge >= 0.3 is 0 Å². The van der Waals surface area contributed by atoms with Crippen molar-refractivity contribution in [2.45, 2.75) is 181 Å². The SMILES string of the molecule is CC(C)CCN(C)C.CC(C)CCN1CCC1.CC(C)CCN1CCCC1.CC(C)CCN1CCCCC1.CC(C)CN.CC(C)CN(C)C.CCCC(C)C. The van der Waals surface area contributed by atoms with Crippen LogP contribution >= 0.6 is 0 Å². The molecule has 3 saturated heterocycles. The van der Waals surface area contributed by atoms with Crippen LogP contribution < -0.4 is 5.73 Å². The lowest BCUT2D eigenvalue weighted by atomic mass is 10.1. The van der Waals surface area contributed by atoms with Gasteiger partial charge < -0.3 is 30.2 Å². The molecular formula is C50H114N6. The molecule has 3 heterocycles. The summed E-state index contributed by atoms with van der Waals surface area (Å²) >= 11 is 0. The molecule has 2 N–H and O–H groups in total. The van der Waals surface area contributed by atoms with Crippen LogP contribution in [0.3, 0.4) is 0 Å². The molecule has 0 atom stereocenters. The molecule has 3 rings (SSSR count). The minimum absolute atomic E-state index is 0.662. The molecule has 0 aromatic carbocycles. The van der Waals surface area contributed by atoms with E-state index < -0.39 is 0 Å². The van der Waals surface area contributed by atoms with Crippen LogP contribution in [0.2, 0.25) is 0 Å². The summed E-state index contributed by atoms with van der Waals surface area (Å²) in [6.45, 7) is 49.0. The van der Waals surface area contributed by atoms with Gasteiger partial charge in [-0.15, -0.1) is 0 Å². The number of rotatable bonds is 17. The van der Waals surface area contributed by atoms with Gasteiger partial charge in [-0.3, -0.25) is 0 Å². The summed E-state index contributed by atoms with van der Waals surface area (Å²) in [4.78, 5) is 12.1. The van der Waals surface area contributed by atoms with Crippen molar-refractivity contribution in [1.29, 1.82) is 0 Å². The number of likely N-dealkylation sites (tertiary alicyclic amines) is 3. The number of nitrogens with two attached hydrogens (primary N) is 1. The van der Waals surface area contributed by atoms with Crippen molar-refractivity contribution in [2.75, 3.05) is 107 Å². The van der Waals surface area contributed by atoms with Crippen LogP contribution in [0.5, 0.6) is 0 Å². The van der Waals surface area contributed by atoms with Crippen molar-refractivity contribution < 1.29 is 0 Å². The maximum atomic E-state index is 5.17. The Morgan fingerprint density at radius 3 is 0.839 bits per heavy atom. The fraction of sp³-hybridized carbons (Fsp3) is 1.00. The third kappa shape index (κ3) is 60.4. The minimum atomic E-state index is 0.662. The molecule has 0 radical (unpaired) electrons. The van der Waals surface area contributed by atoms with E-state index in [1.807, 2.05) is 0 Å². The van der Waals surface area contributed by atoms with Crippen molar-refractivity contribution >= 4 is 0 Å². The highest BCUT2D eigenvalue weighted by Crippen LogP contribution is 2.12. The third-order valence-electron chi connectivity index (χ3n) is 9.89. The Hall–Kier alpha value is -0.240. The number of piperidine rings is 1. The minimum Gasteiger partial charge on any atom is -0.330 e. The van der Waals surface area contributed by atoms with Crippen LogP contribution in [-0.2, 0) is 0 Å². The number of nitrogens with zero attached hydrogens (tertiary/aromatic N) is 5. The van der Waals surface area contributed by atoms with E-state index in [4.69, 9.17) is 5.73 Å². The van der Waals surface area contributed by atoms with E-state index in [1.165, 1.54) is 149 Å². The Kier molecular flexibility index (Phi) is 49.4. The molecule has 0 aromatic rings. The first-order valence-electron chi connectivity index (χ1n) is 24.3. The van der Waals surface area contributed by atoms with Gasteiger partial charge in [0.2, 0.25) is 0 Å². The number of hydrogen-bond acceptors (Lipinski definition) is 6. The van der Waals surface area contributed by atoms with Crippen LogP contribution in [0, 0.1) is 41.4 Å². The zero-order valence-corrected chi connectivity index (χ0v) is 42.8. The summed E-state index contributed by atoms with van der Waals surface area (Å²) in [5.41, 5.74) is 5.17. The van der Waals surface area contributed by atoms with Crippen LogP contribution in [0.15, 0.2) is 0 Å². The predicted octanol–water partition coefficient (Wildman–Crippen LogP) is 12.2. The van der Waals surface area contributed by atoms with Gasteiger partial charge in [0.15, 0.2) is 0 Å². The normalized spacial score (nSPS) is 16.0. The van der Waals surface area contributed by atoms with Crippen LogP contribution in [0.1, 0.15) is 181 Å². The molecule has 0 spiro atoms. The third-order valence-corrected chi connectivity index (χ3v) is 9.89. The standard InChI is InChI=1S/C10H21N.C9H19N.C8H17N.C7H17N.C6H15N.C6H14.C4H11N/c1-10(2)6-9-11-7-4-3-5-8-11;1-9(2)5-8-10-6-3-4-7-10;1-8(2)4-7-9-5-3-6-9;1-7(2)5-6-8(3)4;1-6(2)5-7(3)4;1-4-5-6(2)3;1-4(2)3-5/h10H,3-9H2,1-2H3;9H,3-8H2,1-2H3;8H,3-7H2,1-2H3;7H,5-6H2,1-4H3;6H,5H2,1-4H3;6H,4-5H2,1-3H3;4H,3,5H2,1-2H3. The molecule has 6 heteroatoms. The largest absolute Gasteiger partial charge is 0.330 e. The molecule has 344 valence electrons. The van der Waals surface area contributed by atoms with Gasteiger partial charge in [-0.2, -0.15) is 0 Å². The number of hydrogen-bond donors (Lipinski definition) is 1. The second kappa shape index (κ2) is 44.3. The summed E-state index contributed by atoms with van der Waals surface area (Å²) in [5, 5.41) is 0. The zero-order chi connectivity index (χ0) is 43.9. The smallest absolute Gasteiger partial charge is 0.000172 e. The zero-order valence-electron chi connectivity index (χ0n) is 42.8. The van der Waals surface area contributed by atoms with Gasteiger partial charge in [-0.1, -0.05) is 123 Å². The maximum Gasteiger partial charge on any atom is -0.000172 e. The fourth-order valence-corrected chi connectivity index (χ4v) is 5.94. The lowest BCUT2D eigenvalue weighted by Crippen LogP contribution is -2.38. The van der Waals surface area contributed by atoms with E-state index in [0.717, 1.165) is 42.1 Å². The fourth-order valence-electron chi connectivity index (χ4n) is 5.94. The second-order valence-electron chi connectivity index (χ2n) is 20.6. The molecule has 6 nitrogen and oxygen atoms in total. The Bertz CT molecular complexity index is 688. The molecular weight excluding hydrogens is 685 g/mol. The first kappa shape index (κ1) is 62.4. The Morgan fingerprint density at radius 2 is 0.696 bits per heavy atom. The van der Waals surface area contributed by atoms with E-state index in [2.05, 4.69) is 157 Å². The molecule has 0 unspecified atom stereocenters. The van der Waals surface area contributed by atoms with Crippen molar-refractivity contribution in [3.8, 4) is 0 Å². The molecule has 3 fully saturated rings. The first-order valence-corrected chi connectivity index (χ1v) is 24.3. The molecule has 3 aliphatic heterocycles. The molecule has 3 aliphatic rings. The van der Waals surface area contributed by atoms with Gasteiger partial charge in [-0.25, -0.2) is 0 Å². The summed E-state index contributed by atoms with van der Waals surface area (Å²) in [6, 6.07) is 0. The Balaban J connectivity index is -0.000000286. The highest BCUT2D eigenvalue weighted by molar-refractivity contribution is 4.68. The van der Waals surface area contributed by atoms with E-state index in [9.17, 15) is 0 Å². The lowest BCUT2D eigenvalue weighted by Gasteiger charge is -2.31. The average molecular weight is 800 g/mol. The summed E-state index contributed by atoms with van der Waals surface area (Å²) in [5.74, 6) is 5.83. The van der Waals surface area contributed by atoms with Gasteiger partial charge in [0, 0.05) is 0 Å². The van der Waals surface area contributed by atoms with Gasteiger partial charge in [-0.05, 0) is 206 Å². The topological polar surface area (TPSA) is 42.2 Å². The van der Waals surface area contributed by atoms with Crippen LogP contribution in [0.25, 0.3) is 0 Å². The van der Waals surface area contributed by atoms with Crippen molar-refractivity contribution in [1.82, 2.24) is 24.5 Å². The summed E-state index contributed by atoms with van der Waals surface area (Å²) in [6.07, 6.45) is 16.7. The highest BCUT2D eigenvalue weighted by atomic mass is 15.2. The maximum absolute atomic E-state index is 5.17. The van der Waals surface area contributed by atoms with E-state index >= 15 is 0 Å². The van der Waals surface area contributed by atoms with Crippen molar-refractivity contribution in [3.63, 3.8) is 0 Å². The first-order chi connectivity index (χ1) is 26.2. The molecule has 0 bridgehead atoms. The average Bonchev–Trinajstić information content (AvgIpc) is 3.60. The Morgan fingerprint density at radius 1 is 0.393 bits per heavy atom. The molecule has 0 amide bonds. The Labute approximate surface area is 358 Å². The molecule has 0 aliphatic carbocycles. The van der Waals surface area contributed by atoms with E-state index in [1.54, 1.807) is 0 Å². The van der Waals surface area contributed by atoms with Crippen LogP contribution in [0.4, 0.5) is 0 Å². The van der Waals surface area contributed by atoms with Gasteiger partial charge in [0.05, 0.1) is 0 Å². The molecule has 0 aromatic heterocycles.